The average molecular weight is 371 g/mol. The molecule has 27 heavy (non-hydrogen) atoms. The van der Waals surface area contributed by atoms with E-state index in [9.17, 15) is 14.9 Å². The van der Waals surface area contributed by atoms with E-state index in [4.69, 9.17) is 0 Å². The van der Waals surface area contributed by atoms with Gasteiger partial charge in [-0.3, -0.25) is 24.2 Å². The summed E-state index contributed by atoms with van der Waals surface area (Å²) in [6.45, 7) is 1.93. The molecule has 144 valence electrons. The highest BCUT2D eigenvalue weighted by molar-refractivity contribution is 5.60. The van der Waals surface area contributed by atoms with Gasteiger partial charge in [0.25, 0.3) is 0 Å². The fraction of sp³-hybridized carbons (Fsp3) is 0.579. The largest absolute Gasteiger partial charge is 0.376 e. The Balaban J connectivity index is 1.59. The topological polar surface area (TPSA) is 92.8 Å². The van der Waals surface area contributed by atoms with E-state index in [0.717, 1.165) is 25.9 Å². The zero-order chi connectivity index (χ0) is 18.8. The van der Waals surface area contributed by atoms with Crippen molar-refractivity contribution in [3.63, 3.8) is 0 Å². The molecule has 2 aliphatic rings. The molecule has 2 fully saturated rings. The lowest BCUT2D eigenvalue weighted by Gasteiger charge is -2.40. The number of hydrogen-bond donors (Lipinski definition) is 1. The lowest BCUT2D eigenvalue weighted by atomic mass is 9.92. The number of nitro groups is 1. The number of piperidine rings is 1. The van der Waals surface area contributed by atoms with Crippen LogP contribution in [0.4, 0.5) is 11.5 Å². The molecule has 1 aliphatic heterocycles. The molecule has 0 bridgehead atoms. The van der Waals surface area contributed by atoms with Crippen molar-refractivity contribution < 1.29 is 4.92 Å². The van der Waals surface area contributed by atoms with Crippen LogP contribution < -0.4 is 10.9 Å². The van der Waals surface area contributed by atoms with E-state index in [-0.39, 0.29) is 11.9 Å². The second kappa shape index (κ2) is 7.64. The number of pyridine rings is 1. The molecule has 0 spiro atoms. The minimum atomic E-state index is -0.645. The normalized spacial score (nSPS) is 22.0. The van der Waals surface area contributed by atoms with Crippen molar-refractivity contribution in [3.05, 3.63) is 44.9 Å². The summed E-state index contributed by atoms with van der Waals surface area (Å²) in [6, 6.07) is 5.80. The van der Waals surface area contributed by atoms with Gasteiger partial charge in [-0.15, -0.1) is 0 Å². The minimum absolute atomic E-state index is 0.0671. The van der Waals surface area contributed by atoms with E-state index < -0.39 is 16.2 Å². The van der Waals surface area contributed by atoms with Gasteiger partial charge in [0, 0.05) is 24.8 Å². The molecular weight excluding hydrogens is 346 g/mol. The predicted octanol–water partition coefficient (Wildman–Crippen LogP) is 2.81. The van der Waals surface area contributed by atoms with E-state index in [1.807, 2.05) is 0 Å². The molecule has 1 saturated heterocycles. The standard InChI is InChI=1S/C19H25N5O3/c25-19-17(24(26)27)18(21-16-10-4-5-12-23(16)19)20-14-7-6-11-22(13-14)15-8-2-1-3-9-15/h4-5,10,12,14-15,20H,1-3,6-9,11,13H2. The van der Waals surface area contributed by atoms with E-state index in [1.165, 1.54) is 42.7 Å². The first kappa shape index (κ1) is 17.9. The average Bonchev–Trinajstić information content (AvgIpc) is 2.69. The molecule has 8 nitrogen and oxygen atoms in total. The van der Waals surface area contributed by atoms with Crippen LogP contribution in [0.25, 0.3) is 5.65 Å². The van der Waals surface area contributed by atoms with Crippen molar-refractivity contribution in [2.45, 2.75) is 57.0 Å². The molecule has 1 unspecified atom stereocenters. The lowest BCUT2D eigenvalue weighted by molar-refractivity contribution is -0.385. The molecule has 0 amide bonds. The highest BCUT2D eigenvalue weighted by Gasteiger charge is 2.30. The smallest absolute Gasteiger partial charge is 0.360 e. The second-order valence-corrected chi connectivity index (χ2v) is 7.57. The Morgan fingerprint density at radius 1 is 1.15 bits per heavy atom. The summed E-state index contributed by atoms with van der Waals surface area (Å²) in [5.74, 6) is 0.0895. The first-order valence-corrected chi connectivity index (χ1v) is 9.80. The summed E-state index contributed by atoms with van der Waals surface area (Å²) in [6.07, 6.45) is 9.85. The van der Waals surface area contributed by atoms with Gasteiger partial charge in [0.15, 0.2) is 0 Å². The summed E-state index contributed by atoms with van der Waals surface area (Å²) in [7, 11) is 0. The Hall–Kier alpha value is -2.48. The van der Waals surface area contributed by atoms with Crippen LogP contribution in [0.2, 0.25) is 0 Å². The Kier molecular flexibility index (Phi) is 5.07. The third kappa shape index (κ3) is 3.66. The first-order valence-electron chi connectivity index (χ1n) is 9.80. The maximum Gasteiger partial charge on any atom is 0.376 e. The molecule has 0 aromatic carbocycles. The first-order chi connectivity index (χ1) is 13.1. The van der Waals surface area contributed by atoms with Gasteiger partial charge in [0.05, 0.1) is 4.92 Å². The number of fused-ring (bicyclic) bond motifs is 1. The SMILES string of the molecule is O=c1c([N+](=O)[O-])c(NC2CCCN(C3CCCCC3)C2)nc2ccccn12. The molecule has 0 radical (unpaired) electrons. The van der Waals surface area contributed by atoms with Crippen LogP contribution in [0, 0.1) is 10.1 Å². The third-order valence-corrected chi connectivity index (χ3v) is 5.78. The van der Waals surface area contributed by atoms with Gasteiger partial charge in [-0.05, 0) is 44.4 Å². The van der Waals surface area contributed by atoms with Crippen LogP contribution >= 0.6 is 0 Å². The zero-order valence-corrected chi connectivity index (χ0v) is 15.3. The molecule has 2 aromatic heterocycles. The fourth-order valence-electron chi connectivity index (χ4n) is 4.44. The van der Waals surface area contributed by atoms with Crippen LogP contribution in [0.3, 0.4) is 0 Å². The number of rotatable bonds is 4. The maximum absolute atomic E-state index is 12.6. The number of aromatic nitrogens is 2. The summed E-state index contributed by atoms with van der Waals surface area (Å²) in [4.78, 5) is 30.4. The van der Waals surface area contributed by atoms with Gasteiger partial charge in [0.1, 0.15) is 5.65 Å². The van der Waals surface area contributed by atoms with Crippen molar-refractivity contribution in [1.82, 2.24) is 14.3 Å². The quantitative estimate of drug-likeness (QED) is 0.656. The minimum Gasteiger partial charge on any atom is -0.360 e. The van der Waals surface area contributed by atoms with Crippen LogP contribution in [-0.2, 0) is 0 Å². The zero-order valence-electron chi connectivity index (χ0n) is 15.3. The molecule has 4 rings (SSSR count). The van der Waals surface area contributed by atoms with Crippen LogP contribution in [-0.4, -0.2) is 44.4 Å². The number of nitrogens with zero attached hydrogens (tertiary/aromatic N) is 4. The Morgan fingerprint density at radius 3 is 2.74 bits per heavy atom. The van der Waals surface area contributed by atoms with Crippen molar-refractivity contribution in [2.24, 2.45) is 0 Å². The molecule has 8 heteroatoms. The van der Waals surface area contributed by atoms with Crippen molar-refractivity contribution in [1.29, 1.82) is 0 Å². The van der Waals surface area contributed by atoms with Crippen molar-refractivity contribution in [2.75, 3.05) is 18.4 Å². The van der Waals surface area contributed by atoms with E-state index in [2.05, 4.69) is 15.2 Å². The van der Waals surface area contributed by atoms with Gasteiger partial charge >= 0.3 is 11.2 Å². The monoisotopic (exact) mass is 371 g/mol. The van der Waals surface area contributed by atoms with E-state index in [1.54, 1.807) is 18.2 Å². The molecule has 1 aliphatic carbocycles. The highest BCUT2D eigenvalue weighted by Crippen LogP contribution is 2.27. The van der Waals surface area contributed by atoms with E-state index in [0.29, 0.717) is 11.7 Å². The molecular formula is C19H25N5O3. The Bertz CT molecular complexity index is 891. The van der Waals surface area contributed by atoms with Gasteiger partial charge in [-0.2, -0.15) is 0 Å². The van der Waals surface area contributed by atoms with Gasteiger partial charge in [-0.1, -0.05) is 25.3 Å². The van der Waals surface area contributed by atoms with Gasteiger partial charge < -0.3 is 5.32 Å². The van der Waals surface area contributed by atoms with Crippen LogP contribution in [0.15, 0.2) is 29.2 Å². The maximum atomic E-state index is 12.6. The highest BCUT2D eigenvalue weighted by atomic mass is 16.6. The molecule has 3 heterocycles. The van der Waals surface area contributed by atoms with Gasteiger partial charge in [-0.25, -0.2) is 4.98 Å². The van der Waals surface area contributed by atoms with Crippen molar-refractivity contribution in [3.8, 4) is 0 Å². The Morgan fingerprint density at radius 2 is 1.96 bits per heavy atom. The van der Waals surface area contributed by atoms with Gasteiger partial charge in [0.2, 0.25) is 5.82 Å². The number of nitrogens with one attached hydrogen (secondary N) is 1. The summed E-state index contributed by atoms with van der Waals surface area (Å²) in [5, 5.41) is 14.8. The lowest BCUT2D eigenvalue weighted by Crippen LogP contribution is -2.48. The summed E-state index contributed by atoms with van der Waals surface area (Å²) < 4.78 is 1.22. The van der Waals surface area contributed by atoms with E-state index >= 15 is 0 Å². The number of likely N-dealkylation sites (tertiary alicyclic amines) is 1. The summed E-state index contributed by atoms with van der Waals surface area (Å²) >= 11 is 0. The number of anilines is 1. The molecule has 1 atom stereocenters. The Labute approximate surface area is 157 Å². The van der Waals surface area contributed by atoms with Crippen LogP contribution in [0.1, 0.15) is 44.9 Å². The molecule has 1 saturated carbocycles. The predicted molar refractivity (Wildman–Crippen MR) is 103 cm³/mol. The second-order valence-electron chi connectivity index (χ2n) is 7.57. The van der Waals surface area contributed by atoms with Crippen molar-refractivity contribution >= 4 is 17.2 Å². The molecule has 1 N–H and O–H groups in total. The third-order valence-electron chi connectivity index (χ3n) is 5.78. The van der Waals surface area contributed by atoms with Crippen LogP contribution in [0.5, 0.6) is 0 Å². The fourth-order valence-corrected chi connectivity index (χ4v) is 4.44. The summed E-state index contributed by atoms with van der Waals surface area (Å²) in [5.41, 5.74) is -0.711. The number of hydrogen-bond acceptors (Lipinski definition) is 6. The molecule has 2 aromatic rings.